The van der Waals surface area contributed by atoms with Crippen LogP contribution in [0, 0.1) is 0 Å². The number of ether oxygens (including phenoxy) is 1. The van der Waals surface area contributed by atoms with Gasteiger partial charge in [0.2, 0.25) is 0 Å². The molecule has 16 heavy (non-hydrogen) atoms. The molecular weight excluding hydrogens is 247 g/mol. The van der Waals surface area contributed by atoms with Crippen LogP contribution in [0.1, 0.15) is 0 Å². The second-order valence-electron chi connectivity index (χ2n) is 3.25. The highest BCUT2D eigenvalue weighted by atomic mass is 31.2. The summed E-state index contributed by atoms with van der Waals surface area (Å²) in [4.78, 5) is 20.6. The van der Waals surface area contributed by atoms with Gasteiger partial charge in [-0.2, -0.15) is 0 Å². The van der Waals surface area contributed by atoms with Crippen LogP contribution in [0.4, 0.5) is 0 Å². The van der Waals surface area contributed by atoms with E-state index in [0.29, 0.717) is 0 Å². The molecule has 1 unspecified atom stereocenters. The summed E-state index contributed by atoms with van der Waals surface area (Å²) in [7, 11) is -5.41. The van der Waals surface area contributed by atoms with Gasteiger partial charge in [0.25, 0.3) is 0 Å². The van der Waals surface area contributed by atoms with Gasteiger partial charge in [0.15, 0.2) is 6.29 Å². The minimum atomic E-state index is -5.41. The van der Waals surface area contributed by atoms with E-state index in [1.807, 2.05) is 0 Å². The first kappa shape index (κ1) is 14.0. The maximum absolute atomic E-state index is 10.3. The standard InChI is InChI=1S/C6H13O9P/c7-1-2-3(8)4(9)5(10)6(14-2)15-16(11,12)13/h2-10H,1H2,(H2,11,12,13)/p-2/t2-,3-,4+,5-,6?/m1/s1. The van der Waals surface area contributed by atoms with Crippen LogP contribution in [0.25, 0.3) is 0 Å². The third kappa shape index (κ3) is 3.20. The van der Waals surface area contributed by atoms with E-state index < -0.39 is 45.1 Å². The zero-order valence-corrected chi connectivity index (χ0v) is 8.77. The highest BCUT2D eigenvalue weighted by Crippen LogP contribution is 2.33. The van der Waals surface area contributed by atoms with Gasteiger partial charge in [-0.3, -0.25) is 0 Å². The number of phosphoric ester groups is 1. The summed E-state index contributed by atoms with van der Waals surface area (Å²) in [6.45, 7) is -0.743. The maximum Gasteiger partial charge on any atom is 0.191 e. The molecule has 4 N–H and O–H groups in total. The maximum atomic E-state index is 10.3. The largest absolute Gasteiger partial charge is 0.790 e. The van der Waals surface area contributed by atoms with E-state index in [0.717, 1.165) is 0 Å². The summed E-state index contributed by atoms with van der Waals surface area (Å²) < 4.78 is 18.7. The first-order valence-corrected chi connectivity index (χ1v) is 5.73. The molecule has 1 rings (SSSR count). The molecule has 0 radical (unpaired) electrons. The smallest absolute Gasteiger partial charge is 0.191 e. The monoisotopic (exact) mass is 258 g/mol. The molecule has 0 amide bonds. The van der Waals surface area contributed by atoms with E-state index in [1.165, 1.54) is 0 Å². The topological polar surface area (TPSA) is 163 Å². The second kappa shape index (κ2) is 5.05. The molecule has 0 spiro atoms. The second-order valence-corrected chi connectivity index (χ2v) is 4.36. The molecule has 96 valence electrons. The van der Waals surface area contributed by atoms with Crippen molar-refractivity contribution in [1.82, 2.24) is 0 Å². The molecule has 1 fully saturated rings. The first-order chi connectivity index (χ1) is 7.26. The van der Waals surface area contributed by atoms with Crippen LogP contribution < -0.4 is 9.79 Å². The van der Waals surface area contributed by atoms with E-state index in [9.17, 15) is 29.7 Å². The summed E-state index contributed by atoms with van der Waals surface area (Å²) in [5.41, 5.74) is 0. The molecule has 0 saturated carbocycles. The normalized spacial score (nSPS) is 41.0. The molecule has 1 aliphatic heterocycles. The highest BCUT2D eigenvalue weighted by Gasteiger charge is 2.44. The SMILES string of the molecule is O=P([O-])([O-])OC1O[C@H](CO)[C@@H](O)[C@H](O)[C@H]1O. The molecule has 0 aromatic heterocycles. The zero-order chi connectivity index (χ0) is 12.5. The minimum Gasteiger partial charge on any atom is -0.790 e. The van der Waals surface area contributed by atoms with Crippen molar-refractivity contribution in [3.63, 3.8) is 0 Å². The van der Waals surface area contributed by atoms with Crippen molar-refractivity contribution in [2.24, 2.45) is 0 Å². The fourth-order valence-corrected chi connectivity index (χ4v) is 1.71. The Morgan fingerprint density at radius 2 is 1.75 bits per heavy atom. The van der Waals surface area contributed by atoms with E-state index in [4.69, 9.17) is 5.11 Å². The highest BCUT2D eigenvalue weighted by molar-refractivity contribution is 7.43. The summed E-state index contributed by atoms with van der Waals surface area (Å²) in [5, 5.41) is 36.5. The fourth-order valence-electron chi connectivity index (χ4n) is 1.28. The van der Waals surface area contributed by atoms with Crippen LogP contribution in [0.5, 0.6) is 0 Å². The van der Waals surface area contributed by atoms with Gasteiger partial charge in [-0.1, -0.05) is 0 Å². The van der Waals surface area contributed by atoms with Crippen molar-refractivity contribution >= 4 is 7.82 Å². The average Bonchev–Trinajstić information content (AvgIpc) is 2.17. The van der Waals surface area contributed by atoms with Gasteiger partial charge in [0.05, 0.1) is 14.4 Å². The Hall–Kier alpha value is -0.0900. The molecule has 1 aliphatic rings. The Balaban J connectivity index is 2.75. The van der Waals surface area contributed by atoms with Gasteiger partial charge < -0.3 is 44.0 Å². The van der Waals surface area contributed by atoms with Gasteiger partial charge in [-0.15, -0.1) is 0 Å². The minimum absolute atomic E-state index is 0.743. The fraction of sp³-hybridized carbons (Fsp3) is 1.00. The number of hydrogen-bond donors (Lipinski definition) is 4. The number of hydrogen-bond acceptors (Lipinski definition) is 9. The molecular formula is C6H11O9P-2. The number of rotatable bonds is 3. The molecule has 9 nitrogen and oxygen atoms in total. The van der Waals surface area contributed by atoms with Crippen molar-refractivity contribution in [2.45, 2.75) is 30.7 Å². The summed E-state index contributed by atoms with van der Waals surface area (Å²) in [6.07, 6.45) is -8.61. The van der Waals surface area contributed by atoms with Crippen LogP contribution in [0.15, 0.2) is 0 Å². The first-order valence-electron chi connectivity index (χ1n) is 4.27. The average molecular weight is 258 g/mol. The molecule has 1 saturated heterocycles. The lowest BCUT2D eigenvalue weighted by Gasteiger charge is -2.43. The van der Waals surface area contributed by atoms with Crippen LogP contribution in [-0.2, 0) is 13.8 Å². The van der Waals surface area contributed by atoms with Gasteiger partial charge in [-0.25, -0.2) is 0 Å². The Morgan fingerprint density at radius 3 is 2.19 bits per heavy atom. The third-order valence-corrected chi connectivity index (χ3v) is 2.55. The molecule has 5 atom stereocenters. The molecule has 10 heteroatoms. The van der Waals surface area contributed by atoms with Crippen molar-refractivity contribution in [3.05, 3.63) is 0 Å². The number of aliphatic hydroxyl groups excluding tert-OH is 4. The van der Waals surface area contributed by atoms with E-state index in [2.05, 4.69) is 9.26 Å². The Kier molecular flexibility index (Phi) is 4.41. The quantitative estimate of drug-likeness (QED) is 0.366. The molecule has 0 bridgehead atoms. The predicted molar refractivity (Wildman–Crippen MR) is 42.5 cm³/mol. The van der Waals surface area contributed by atoms with Gasteiger partial charge in [0.1, 0.15) is 24.4 Å². The van der Waals surface area contributed by atoms with Crippen molar-refractivity contribution in [2.75, 3.05) is 6.61 Å². The molecule has 1 heterocycles. The number of phosphoric acid groups is 1. The van der Waals surface area contributed by atoms with Crippen LogP contribution in [0.2, 0.25) is 0 Å². The predicted octanol–water partition coefficient (Wildman–Crippen LogP) is -4.37. The summed E-state index contributed by atoms with van der Waals surface area (Å²) in [5.74, 6) is 0. The van der Waals surface area contributed by atoms with Crippen LogP contribution in [0.3, 0.4) is 0 Å². The Bertz CT molecular complexity index is 275. The molecule has 0 aliphatic carbocycles. The Morgan fingerprint density at radius 1 is 1.19 bits per heavy atom. The van der Waals surface area contributed by atoms with Crippen molar-refractivity contribution < 1.29 is 44.0 Å². The van der Waals surface area contributed by atoms with E-state index >= 15 is 0 Å². The van der Waals surface area contributed by atoms with Crippen LogP contribution >= 0.6 is 7.82 Å². The number of aliphatic hydroxyl groups is 4. The lowest BCUT2D eigenvalue weighted by atomic mass is 10.00. The van der Waals surface area contributed by atoms with Gasteiger partial charge in [0, 0.05) is 0 Å². The van der Waals surface area contributed by atoms with Crippen molar-refractivity contribution in [1.29, 1.82) is 0 Å². The van der Waals surface area contributed by atoms with Crippen molar-refractivity contribution in [3.8, 4) is 0 Å². The summed E-state index contributed by atoms with van der Waals surface area (Å²) >= 11 is 0. The van der Waals surface area contributed by atoms with Crippen LogP contribution in [-0.4, -0.2) is 57.7 Å². The van der Waals surface area contributed by atoms with E-state index in [1.54, 1.807) is 0 Å². The molecule has 0 aromatic carbocycles. The lowest BCUT2D eigenvalue weighted by molar-refractivity contribution is -0.368. The lowest BCUT2D eigenvalue weighted by Crippen LogP contribution is -2.59. The Labute approximate surface area is 90.1 Å². The van der Waals surface area contributed by atoms with E-state index in [-0.39, 0.29) is 0 Å². The summed E-state index contributed by atoms with van der Waals surface area (Å²) in [6, 6.07) is 0. The van der Waals surface area contributed by atoms with Gasteiger partial charge in [-0.05, 0) is 0 Å². The third-order valence-electron chi connectivity index (χ3n) is 2.08. The van der Waals surface area contributed by atoms with Gasteiger partial charge >= 0.3 is 0 Å². The zero-order valence-electron chi connectivity index (χ0n) is 7.87. The molecule has 0 aromatic rings.